The standard InChI is InChI=1S/C19H29N7O2/c1-5-11-20-16-15-17(26(12-6-2)24-23-15)22-18(21-16)25-13-9-19(10-14-25,27-7-3)28-8-4/h5-6H,1-2,7-14H2,3-4H3,(H,20,21,22). The van der Waals surface area contributed by atoms with Crippen molar-refractivity contribution < 1.29 is 9.47 Å². The normalized spacial score (nSPS) is 16.3. The van der Waals surface area contributed by atoms with Gasteiger partial charge in [-0.3, -0.25) is 0 Å². The first-order chi connectivity index (χ1) is 13.7. The van der Waals surface area contributed by atoms with Gasteiger partial charge in [0.2, 0.25) is 5.95 Å². The van der Waals surface area contributed by atoms with Crippen molar-refractivity contribution in [2.24, 2.45) is 0 Å². The van der Waals surface area contributed by atoms with Gasteiger partial charge < -0.3 is 19.7 Å². The van der Waals surface area contributed by atoms with Crippen LogP contribution >= 0.6 is 0 Å². The third-order valence-corrected chi connectivity index (χ3v) is 4.69. The number of aromatic nitrogens is 5. The van der Waals surface area contributed by atoms with Crippen molar-refractivity contribution in [2.75, 3.05) is 43.1 Å². The van der Waals surface area contributed by atoms with Gasteiger partial charge in [0.05, 0.1) is 6.54 Å². The van der Waals surface area contributed by atoms with Gasteiger partial charge in [0.25, 0.3) is 0 Å². The van der Waals surface area contributed by atoms with E-state index in [-0.39, 0.29) is 0 Å². The number of fused-ring (bicyclic) bond motifs is 1. The molecule has 0 spiro atoms. The molecule has 0 amide bonds. The third kappa shape index (κ3) is 4.15. The van der Waals surface area contributed by atoms with Gasteiger partial charge in [-0.05, 0) is 13.8 Å². The first-order valence-electron chi connectivity index (χ1n) is 9.76. The van der Waals surface area contributed by atoms with Crippen LogP contribution in [-0.4, -0.2) is 63.6 Å². The van der Waals surface area contributed by atoms with Gasteiger partial charge in [-0.25, -0.2) is 4.68 Å². The summed E-state index contributed by atoms with van der Waals surface area (Å²) in [6.07, 6.45) is 5.07. The Kier molecular flexibility index (Phi) is 6.58. The maximum atomic E-state index is 5.93. The Hall–Kier alpha value is -2.52. The molecule has 1 aliphatic heterocycles. The van der Waals surface area contributed by atoms with E-state index in [4.69, 9.17) is 19.4 Å². The molecule has 0 bridgehead atoms. The van der Waals surface area contributed by atoms with Crippen molar-refractivity contribution in [2.45, 2.75) is 39.0 Å². The number of allylic oxidation sites excluding steroid dienone is 1. The molecular weight excluding hydrogens is 358 g/mol. The van der Waals surface area contributed by atoms with Crippen molar-refractivity contribution in [3.8, 4) is 0 Å². The van der Waals surface area contributed by atoms with Crippen LogP contribution in [0, 0.1) is 0 Å². The fraction of sp³-hybridized carbons (Fsp3) is 0.579. The highest BCUT2D eigenvalue weighted by atomic mass is 16.7. The molecule has 0 atom stereocenters. The Bertz CT molecular complexity index is 804. The predicted octanol–water partition coefficient (Wildman–Crippen LogP) is 2.37. The SMILES string of the molecule is C=CCNc1nc(N2CCC(OCC)(OCC)CC2)nc2c1nnn2CC=C. The predicted molar refractivity (Wildman–Crippen MR) is 109 cm³/mol. The topological polar surface area (TPSA) is 90.2 Å². The van der Waals surface area contributed by atoms with Gasteiger partial charge in [0.15, 0.2) is 22.8 Å². The van der Waals surface area contributed by atoms with E-state index in [0.29, 0.717) is 49.2 Å². The molecule has 2 aromatic rings. The average Bonchev–Trinajstić information content (AvgIpc) is 3.10. The van der Waals surface area contributed by atoms with E-state index in [9.17, 15) is 0 Å². The van der Waals surface area contributed by atoms with E-state index in [2.05, 4.69) is 33.7 Å². The van der Waals surface area contributed by atoms with Gasteiger partial charge in [-0.15, -0.1) is 18.3 Å². The van der Waals surface area contributed by atoms with Crippen LogP contribution in [0.2, 0.25) is 0 Å². The number of hydrogen-bond donors (Lipinski definition) is 1. The number of rotatable bonds is 10. The largest absolute Gasteiger partial charge is 0.365 e. The number of hydrogen-bond acceptors (Lipinski definition) is 8. The summed E-state index contributed by atoms with van der Waals surface area (Å²) in [5, 5.41) is 11.7. The number of anilines is 2. The summed E-state index contributed by atoms with van der Waals surface area (Å²) >= 11 is 0. The van der Waals surface area contributed by atoms with E-state index in [0.717, 1.165) is 25.9 Å². The van der Waals surface area contributed by atoms with Crippen LogP contribution in [0.25, 0.3) is 11.2 Å². The molecule has 0 radical (unpaired) electrons. The second kappa shape index (κ2) is 9.11. The van der Waals surface area contributed by atoms with Gasteiger partial charge in [-0.1, -0.05) is 17.4 Å². The third-order valence-electron chi connectivity index (χ3n) is 4.69. The maximum Gasteiger partial charge on any atom is 0.229 e. The van der Waals surface area contributed by atoms with E-state index >= 15 is 0 Å². The van der Waals surface area contributed by atoms with Crippen LogP contribution < -0.4 is 10.2 Å². The quantitative estimate of drug-likeness (QED) is 0.491. The van der Waals surface area contributed by atoms with Crippen molar-refractivity contribution in [3.63, 3.8) is 0 Å². The number of ether oxygens (including phenoxy) is 2. The van der Waals surface area contributed by atoms with Gasteiger partial charge >= 0.3 is 0 Å². The summed E-state index contributed by atoms with van der Waals surface area (Å²) < 4.78 is 13.6. The molecule has 1 fully saturated rings. The summed E-state index contributed by atoms with van der Waals surface area (Å²) in [6.45, 7) is 15.4. The Morgan fingerprint density at radius 3 is 2.43 bits per heavy atom. The lowest BCUT2D eigenvalue weighted by Gasteiger charge is -2.41. The van der Waals surface area contributed by atoms with Crippen molar-refractivity contribution in [3.05, 3.63) is 25.3 Å². The van der Waals surface area contributed by atoms with Crippen molar-refractivity contribution in [1.29, 1.82) is 0 Å². The Morgan fingerprint density at radius 1 is 1.11 bits per heavy atom. The molecule has 1 aliphatic rings. The molecule has 152 valence electrons. The molecule has 2 aromatic heterocycles. The highest BCUT2D eigenvalue weighted by Crippen LogP contribution is 2.30. The molecule has 3 heterocycles. The fourth-order valence-electron chi connectivity index (χ4n) is 3.43. The van der Waals surface area contributed by atoms with Crippen molar-refractivity contribution in [1.82, 2.24) is 25.0 Å². The second-order valence-corrected chi connectivity index (χ2v) is 6.54. The summed E-state index contributed by atoms with van der Waals surface area (Å²) in [4.78, 5) is 11.6. The van der Waals surface area contributed by atoms with Gasteiger partial charge in [0, 0.05) is 45.7 Å². The molecule has 1 N–H and O–H groups in total. The van der Waals surface area contributed by atoms with Gasteiger partial charge in [-0.2, -0.15) is 9.97 Å². The van der Waals surface area contributed by atoms with Crippen LogP contribution in [0.15, 0.2) is 25.3 Å². The second-order valence-electron chi connectivity index (χ2n) is 6.54. The summed E-state index contributed by atoms with van der Waals surface area (Å²) in [5.41, 5.74) is 1.32. The first kappa shape index (κ1) is 20.2. The number of nitrogens with one attached hydrogen (secondary N) is 1. The molecule has 1 saturated heterocycles. The Balaban J connectivity index is 1.89. The van der Waals surface area contributed by atoms with E-state index in [1.807, 2.05) is 13.8 Å². The van der Waals surface area contributed by atoms with Crippen molar-refractivity contribution >= 4 is 22.9 Å². The summed E-state index contributed by atoms with van der Waals surface area (Å²) in [7, 11) is 0. The molecular formula is C19H29N7O2. The highest BCUT2D eigenvalue weighted by Gasteiger charge is 2.37. The molecule has 0 unspecified atom stereocenters. The van der Waals surface area contributed by atoms with Gasteiger partial charge in [0.1, 0.15) is 0 Å². The van der Waals surface area contributed by atoms with Crippen LogP contribution in [0.3, 0.4) is 0 Å². The maximum absolute atomic E-state index is 5.93. The lowest BCUT2D eigenvalue weighted by atomic mass is 10.0. The monoisotopic (exact) mass is 387 g/mol. The number of nitrogens with zero attached hydrogens (tertiary/aromatic N) is 6. The zero-order valence-electron chi connectivity index (χ0n) is 16.7. The van der Waals surface area contributed by atoms with Crippen LogP contribution in [0.4, 0.5) is 11.8 Å². The van der Waals surface area contributed by atoms with E-state index in [1.54, 1.807) is 16.8 Å². The van der Waals surface area contributed by atoms with Crippen LogP contribution in [0.1, 0.15) is 26.7 Å². The lowest BCUT2D eigenvalue weighted by Crippen LogP contribution is -2.48. The minimum atomic E-state index is -0.514. The molecule has 0 aliphatic carbocycles. The minimum Gasteiger partial charge on any atom is -0.365 e. The average molecular weight is 387 g/mol. The number of piperidine rings is 1. The summed E-state index contributed by atoms with van der Waals surface area (Å²) in [5.74, 6) is 0.787. The summed E-state index contributed by atoms with van der Waals surface area (Å²) in [6, 6.07) is 0. The van der Waals surface area contributed by atoms with E-state index < -0.39 is 5.79 Å². The Labute approximate surface area is 165 Å². The lowest BCUT2D eigenvalue weighted by molar-refractivity contribution is -0.242. The smallest absolute Gasteiger partial charge is 0.229 e. The first-order valence-corrected chi connectivity index (χ1v) is 9.76. The molecule has 3 rings (SSSR count). The molecule has 0 aromatic carbocycles. The van der Waals surface area contributed by atoms with Crippen LogP contribution in [-0.2, 0) is 16.0 Å². The highest BCUT2D eigenvalue weighted by molar-refractivity contribution is 5.83. The minimum absolute atomic E-state index is 0.514. The molecule has 28 heavy (non-hydrogen) atoms. The Morgan fingerprint density at radius 2 is 1.82 bits per heavy atom. The molecule has 9 heteroatoms. The molecule has 9 nitrogen and oxygen atoms in total. The zero-order valence-corrected chi connectivity index (χ0v) is 16.7. The van der Waals surface area contributed by atoms with Crippen LogP contribution in [0.5, 0.6) is 0 Å². The zero-order chi connectivity index (χ0) is 20.0. The molecule has 0 saturated carbocycles. The van der Waals surface area contributed by atoms with E-state index in [1.165, 1.54) is 0 Å². The fourth-order valence-corrected chi connectivity index (χ4v) is 3.43.